The molecule has 2 rings (SSSR count). The summed E-state index contributed by atoms with van der Waals surface area (Å²) in [4.78, 5) is 7.97. The summed E-state index contributed by atoms with van der Waals surface area (Å²) in [5, 5.41) is 5.60. The molecule has 2 heterocycles. The molecule has 4 heteroatoms. The summed E-state index contributed by atoms with van der Waals surface area (Å²) in [6, 6.07) is 7.25. The lowest BCUT2D eigenvalue weighted by Crippen LogP contribution is -2.26. The van der Waals surface area contributed by atoms with Crippen molar-refractivity contribution in [3.8, 4) is 0 Å². The average Bonchev–Trinajstić information content (AvgIpc) is 2.98. The van der Waals surface area contributed by atoms with E-state index in [1.54, 1.807) is 11.3 Å². The second-order valence-corrected chi connectivity index (χ2v) is 6.32. The summed E-state index contributed by atoms with van der Waals surface area (Å²) in [5.74, 6) is 0. The van der Waals surface area contributed by atoms with Crippen LogP contribution >= 0.6 is 11.3 Å². The smallest absolute Gasteiger partial charge is 0.0603 e. The fourth-order valence-corrected chi connectivity index (χ4v) is 2.97. The fraction of sp³-hybridized carbons (Fsp3) is 0.438. The Balaban J connectivity index is 2.18. The van der Waals surface area contributed by atoms with Crippen LogP contribution < -0.4 is 10.2 Å². The third kappa shape index (κ3) is 3.58. The minimum atomic E-state index is 0.371. The molecule has 2 aromatic heterocycles. The Morgan fingerprint density at radius 1 is 1.30 bits per heavy atom. The zero-order valence-corrected chi connectivity index (χ0v) is 13.4. The highest BCUT2D eigenvalue weighted by atomic mass is 32.1. The maximum absolute atomic E-state index is 4.26. The van der Waals surface area contributed by atoms with E-state index in [1.165, 1.54) is 16.1 Å². The first kappa shape index (κ1) is 15.0. The van der Waals surface area contributed by atoms with Crippen molar-refractivity contribution in [1.29, 1.82) is 0 Å². The number of nitrogens with one attached hydrogen (secondary N) is 1. The Bertz CT molecular complexity index is 522. The third-order valence-electron chi connectivity index (χ3n) is 3.49. The molecule has 0 bridgehead atoms. The Morgan fingerprint density at radius 2 is 2.10 bits per heavy atom. The van der Waals surface area contributed by atoms with Crippen LogP contribution in [0.5, 0.6) is 0 Å². The van der Waals surface area contributed by atoms with Crippen LogP contribution in [0.2, 0.25) is 0 Å². The van der Waals surface area contributed by atoms with Crippen LogP contribution in [0.25, 0.3) is 0 Å². The van der Waals surface area contributed by atoms with Gasteiger partial charge in [-0.25, -0.2) is 0 Å². The molecule has 0 spiro atoms. The molecule has 0 fully saturated rings. The van der Waals surface area contributed by atoms with E-state index in [9.17, 15) is 0 Å². The highest BCUT2D eigenvalue weighted by Gasteiger charge is 2.16. The minimum absolute atomic E-state index is 0.371. The van der Waals surface area contributed by atoms with E-state index >= 15 is 0 Å². The van der Waals surface area contributed by atoms with Gasteiger partial charge in [-0.1, -0.05) is 19.9 Å². The molecule has 1 unspecified atom stereocenters. The molecule has 0 amide bonds. The van der Waals surface area contributed by atoms with Crippen LogP contribution in [0.3, 0.4) is 0 Å². The van der Waals surface area contributed by atoms with Crippen LogP contribution in [0.1, 0.15) is 37.3 Å². The van der Waals surface area contributed by atoms with Crippen LogP contribution in [0.15, 0.2) is 36.0 Å². The van der Waals surface area contributed by atoms with E-state index in [0.717, 1.165) is 6.54 Å². The number of hydrogen-bond donors (Lipinski definition) is 1. The lowest BCUT2D eigenvalue weighted by atomic mass is 10.1. The van der Waals surface area contributed by atoms with E-state index in [-0.39, 0.29) is 0 Å². The maximum atomic E-state index is 4.26. The van der Waals surface area contributed by atoms with Gasteiger partial charge in [-0.05, 0) is 24.4 Å². The molecule has 1 N–H and O–H groups in total. The topological polar surface area (TPSA) is 28.2 Å². The fourth-order valence-electron chi connectivity index (χ4n) is 2.14. The van der Waals surface area contributed by atoms with Crippen molar-refractivity contribution < 1.29 is 0 Å². The number of hydrogen-bond acceptors (Lipinski definition) is 4. The number of nitrogens with zero attached hydrogens (tertiary/aromatic N) is 2. The van der Waals surface area contributed by atoms with Crippen LogP contribution in [-0.2, 0) is 6.54 Å². The molecule has 0 saturated carbocycles. The molecule has 108 valence electrons. The maximum Gasteiger partial charge on any atom is 0.0603 e. The summed E-state index contributed by atoms with van der Waals surface area (Å²) in [5.41, 5.74) is 2.49. The van der Waals surface area contributed by atoms with Gasteiger partial charge in [-0.2, -0.15) is 0 Å². The number of thiophene rings is 1. The molecule has 0 aromatic carbocycles. The molecule has 20 heavy (non-hydrogen) atoms. The predicted molar refractivity (Wildman–Crippen MR) is 87.3 cm³/mol. The van der Waals surface area contributed by atoms with Gasteiger partial charge in [0.1, 0.15) is 0 Å². The van der Waals surface area contributed by atoms with E-state index in [2.05, 4.69) is 66.6 Å². The lowest BCUT2D eigenvalue weighted by Gasteiger charge is -2.28. The number of rotatable bonds is 6. The van der Waals surface area contributed by atoms with Crippen LogP contribution in [0, 0.1) is 0 Å². The lowest BCUT2D eigenvalue weighted by molar-refractivity contribution is 0.586. The van der Waals surface area contributed by atoms with Crippen LogP contribution in [0.4, 0.5) is 5.69 Å². The van der Waals surface area contributed by atoms with Gasteiger partial charge in [0.2, 0.25) is 0 Å². The Labute approximate surface area is 125 Å². The molecular formula is C16H23N3S. The molecule has 1 atom stereocenters. The zero-order valence-electron chi connectivity index (χ0n) is 12.6. The first-order valence-electron chi connectivity index (χ1n) is 7.02. The van der Waals surface area contributed by atoms with E-state index in [1.807, 2.05) is 12.4 Å². The first-order valence-corrected chi connectivity index (χ1v) is 7.90. The molecule has 0 saturated heterocycles. The predicted octanol–water partition coefficient (Wildman–Crippen LogP) is 3.84. The summed E-state index contributed by atoms with van der Waals surface area (Å²) in [6.07, 6.45) is 3.83. The van der Waals surface area contributed by atoms with Gasteiger partial charge in [0.15, 0.2) is 0 Å². The number of pyridine rings is 1. The molecule has 2 aromatic rings. The summed E-state index contributed by atoms with van der Waals surface area (Å²) >= 11 is 1.81. The molecule has 0 aliphatic rings. The van der Waals surface area contributed by atoms with Crippen molar-refractivity contribution in [1.82, 2.24) is 10.3 Å². The quantitative estimate of drug-likeness (QED) is 0.876. The normalized spacial score (nSPS) is 12.7. The van der Waals surface area contributed by atoms with Crippen LogP contribution in [-0.4, -0.2) is 18.1 Å². The van der Waals surface area contributed by atoms with Gasteiger partial charge in [-0.3, -0.25) is 4.98 Å². The second kappa shape index (κ2) is 6.86. The van der Waals surface area contributed by atoms with Crippen molar-refractivity contribution >= 4 is 17.0 Å². The van der Waals surface area contributed by atoms with Crippen molar-refractivity contribution in [2.24, 2.45) is 0 Å². The van der Waals surface area contributed by atoms with E-state index < -0.39 is 0 Å². The first-order chi connectivity index (χ1) is 9.59. The number of anilines is 1. The molecule has 0 aliphatic carbocycles. The Morgan fingerprint density at radius 3 is 2.75 bits per heavy atom. The van der Waals surface area contributed by atoms with Crippen molar-refractivity contribution in [3.05, 3.63) is 46.4 Å². The molecule has 0 radical (unpaired) electrons. The third-order valence-corrected chi connectivity index (χ3v) is 4.54. The van der Waals surface area contributed by atoms with Gasteiger partial charge >= 0.3 is 0 Å². The monoisotopic (exact) mass is 289 g/mol. The van der Waals surface area contributed by atoms with Gasteiger partial charge in [0.25, 0.3) is 0 Å². The van der Waals surface area contributed by atoms with Crippen molar-refractivity contribution in [2.75, 3.05) is 11.9 Å². The molecular weight excluding hydrogens is 266 g/mol. The van der Waals surface area contributed by atoms with Gasteiger partial charge < -0.3 is 10.2 Å². The highest BCUT2D eigenvalue weighted by molar-refractivity contribution is 7.10. The van der Waals surface area contributed by atoms with E-state index in [0.29, 0.717) is 12.1 Å². The summed E-state index contributed by atoms with van der Waals surface area (Å²) in [7, 11) is 2.15. The minimum Gasteiger partial charge on any atom is -0.367 e. The summed E-state index contributed by atoms with van der Waals surface area (Å²) < 4.78 is 0. The number of aromatic nitrogens is 1. The van der Waals surface area contributed by atoms with Crippen molar-refractivity contribution in [2.45, 2.75) is 39.4 Å². The molecule has 0 aliphatic heterocycles. The Kier molecular flexibility index (Phi) is 5.15. The second-order valence-electron chi connectivity index (χ2n) is 5.34. The zero-order chi connectivity index (χ0) is 14.5. The largest absolute Gasteiger partial charge is 0.367 e. The van der Waals surface area contributed by atoms with Gasteiger partial charge in [0.05, 0.1) is 6.04 Å². The van der Waals surface area contributed by atoms with Crippen molar-refractivity contribution in [3.63, 3.8) is 0 Å². The summed E-state index contributed by atoms with van der Waals surface area (Å²) in [6.45, 7) is 7.41. The van der Waals surface area contributed by atoms with E-state index in [4.69, 9.17) is 0 Å². The highest BCUT2D eigenvalue weighted by Crippen LogP contribution is 2.29. The van der Waals surface area contributed by atoms with Gasteiger partial charge in [0, 0.05) is 48.2 Å². The molecule has 3 nitrogen and oxygen atoms in total. The average molecular weight is 289 g/mol. The standard InChI is InChI=1S/C16H23N3S/c1-12(2)18-11-14-10-17-8-7-15(14)19(4)13(3)16-6-5-9-20-16/h5-10,12-13,18H,11H2,1-4H3. The Hall–Kier alpha value is -1.39. The SMILES string of the molecule is CC(C)NCc1cnccc1N(C)C(C)c1cccs1. The van der Waals surface area contributed by atoms with Gasteiger partial charge in [-0.15, -0.1) is 11.3 Å².